The summed E-state index contributed by atoms with van der Waals surface area (Å²) in [6, 6.07) is 3.92. The molecule has 0 aliphatic carbocycles. The largest absolute Gasteiger partial charge is 0.381 e. The average Bonchev–Trinajstić information content (AvgIpc) is 3.34. The number of amides is 2. The SMILES string of the molecule is NC(=O)C1(CNC(=O)c2c(-n3cccc3)sc3c2CCSC3)CCOCC1. The van der Waals surface area contributed by atoms with Crippen LogP contribution in [0.5, 0.6) is 0 Å². The van der Waals surface area contributed by atoms with Gasteiger partial charge in [-0.1, -0.05) is 0 Å². The lowest BCUT2D eigenvalue weighted by Crippen LogP contribution is -2.49. The Labute approximate surface area is 166 Å². The lowest BCUT2D eigenvalue weighted by atomic mass is 9.79. The van der Waals surface area contributed by atoms with Crippen molar-refractivity contribution in [2.24, 2.45) is 11.1 Å². The molecule has 0 saturated carbocycles. The number of carbonyl (C=O) groups is 2. The van der Waals surface area contributed by atoms with E-state index in [1.54, 1.807) is 11.3 Å². The summed E-state index contributed by atoms with van der Waals surface area (Å²) in [5, 5.41) is 3.97. The van der Waals surface area contributed by atoms with Gasteiger partial charge in [0, 0.05) is 42.8 Å². The first kappa shape index (κ1) is 18.6. The number of rotatable bonds is 5. The number of ether oxygens (including phenoxy) is 1. The van der Waals surface area contributed by atoms with E-state index in [1.165, 1.54) is 4.88 Å². The maximum absolute atomic E-state index is 13.2. The fraction of sp³-hybridized carbons (Fsp3) is 0.474. The number of nitrogens with zero attached hydrogens (tertiary/aromatic N) is 1. The molecular formula is C19H23N3O3S2. The highest BCUT2D eigenvalue weighted by Crippen LogP contribution is 2.38. The molecule has 0 spiro atoms. The third kappa shape index (κ3) is 3.53. The Morgan fingerprint density at radius 1 is 1.26 bits per heavy atom. The van der Waals surface area contributed by atoms with E-state index < -0.39 is 5.41 Å². The van der Waals surface area contributed by atoms with E-state index in [0.29, 0.717) is 26.1 Å². The molecule has 6 nitrogen and oxygen atoms in total. The second kappa shape index (κ2) is 7.69. The van der Waals surface area contributed by atoms with Gasteiger partial charge in [0.1, 0.15) is 5.00 Å². The molecule has 0 bridgehead atoms. The normalized spacial score (nSPS) is 18.7. The van der Waals surface area contributed by atoms with Crippen LogP contribution in [0, 0.1) is 5.41 Å². The highest BCUT2D eigenvalue weighted by molar-refractivity contribution is 7.98. The van der Waals surface area contributed by atoms with E-state index in [4.69, 9.17) is 10.5 Å². The summed E-state index contributed by atoms with van der Waals surface area (Å²) < 4.78 is 7.37. The third-order valence-corrected chi connectivity index (χ3v) is 7.84. The number of hydrogen-bond donors (Lipinski definition) is 2. The van der Waals surface area contributed by atoms with Crippen molar-refractivity contribution in [1.29, 1.82) is 0 Å². The monoisotopic (exact) mass is 405 g/mol. The number of fused-ring (bicyclic) bond motifs is 1. The smallest absolute Gasteiger partial charge is 0.254 e. The molecule has 2 aromatic heterocycles. The highest BCUT2D eigenvalue weighted by Gasteiger charge is 2.39. The fourth-order valence-electron chi connectivity index (χ4n) is 3.71. The summed E-state index contributed by atoms with van der Waals surface area (Å²) in [4.78, 5) is 26.5. The summed E-state index contributed by atoms with van der Waals surface area (Å²) in [6.07, 6.45) is 5.92. The van der Waals surface area contributed by atoms with Gasteiger partial charge in [0.2, 0.25) is 5.91 Å². The van der Waals surface area contributed by atoms with Gasteiger partial charge in [-0.05, 0) is 42.7 Å². The molecule has 3 N–H and O–H groups in total. The number of thioether (sulfide) groups is 1. The number of hydrogen-bond acceptors (Lipinski definition) is 5. The molecule has 27 heavy (non-hydrogen) atoms. The summed E-state index contributed by atoms with van der Waals surface area (Å²) in [7, 11) is 0. The maximum atomic E-state index is 13.2. The molecule has 8 heteroatoms. The molecule has 0 aromatic carbocycles. The molecule has 1 fully saturated rings. The van der Waals surface area contributed by atoms with Crippen LogP contribution in [0.3, 0.4) is 0 Å². The van der Waals surface area contributed by atoms with Crippen LogP contribution in [0.25, 0.3) is 5.00 Å². The van der Waals surface area contributed by atoms with E-state index in [-0.39, 0.29) is 18.4 Å². The number of nitrogens with two attached hydrogens (primary N) is 1. The van der Waals surface area contributed by atoms with Gasteiger partial charge in [-0.25, -0.2) is 0 Å². The summed E-state index contributed by atoms with van der Waals surface area (Å²) in [6.45, 7) is 1.26. The summed E-state index contributed by atoms with van der Waals surface area (Å²) in [5.74, 6) is 1.50. The third-order valence-electron chi connectivity index (χ3n) is 5.43. The van der Waals surface area contributed by atoms with E-state index >= 15 is 0 Å². The maximum Gasteiger partial charge on any atom is 0.254 e. The molecule has 4 heterocycles. The van der Waals surface area contributed by atoms with Crippen LogP contribution in [0.2, 0.25) is 0 Å². The van der Waals surface area contributed by atoms with Crippen molar-refractivity contribution in [3.8, 4) is 5.00 Å². The predicted molar refractivity (Wildman–Crippen MR) is 108 cm³/mol. The van der Waals surface area contributed by atoms with Crippen molar-refractivity contribution in [3.63, 3.8) is 0 Å². The molecular weight excluding hydrogens is 382 g/mol. The van der Waals surface area contributed by atoms with Crippen LogP contribution in [-0.4, -0.2) is 41.9 Å². The van der Waals surface area contributed by atoms with Crippen molar-refractivity contribution in [2.45, 2.75) is 25.0 Å². The van der Waals surface area contributed by atoms with Gasteiger partial charge in [0.25, 0.3) is 5.91 Å². The minimum Gasteiger partial charge on any atom is -0.381 e. The van der Waals surface area contributed by atoms with Gasteiger partial charge >= 0.3 is 0 Å². The first-order valence-electron chi connectivity index (χ1n) is 9.12. The van der Waals surface area contributed by atoms with Gasteiger partial charge < -0.3 is 20.4 Å². The quantitative estimate of drug-likeness (QED) is 0.799. The number of nitrogens with one attached hydrogen (secondary N) is 1. The molecule has 0 radical (unpaired) electrons. The van der Waals surface area contributed by atoms with Gasteiger partial charge in [-0.3, -0.25) is 9.59 Å². The molecule has 2 aliphatic rings. The van der Waals surface area contributed by atoms with Crippen LogP contribution in [0.4, 0.5) is 0 Å². The zero-order valence-corrected chi connectivity index (χ0v) is 16.7. The van der Waals surface area contributed by atoms with Crippen LogP contribution in [0.1, 0.15) is 33.6 Å². The number of aromatic nitrogens is 1. The Morgan fingerprint density at radius 2 is 2.00 bits per heavy atom. The molecule has 2 aliphatic heterocycles. The minimum absolute atomic E-state index is 0.116. The Morgan fingerprint density at radius 3 is 2.70 bits per heavy atom. The van der Waals surface area contributed by atoms with Crippen molar-refractivity contribution in [2.75, 3.05) is 25.5 Å². The average molecular weight is 406 g/mol. The molecule has 1 saturated heterocycles. The zero-order valence-electron chi connectivity index (χ0n) is 15.0. The van der Waals surface area contributed by atoms with Crippen molar-refractivity contribution in [3.05, 3.63) is 40.5 Å². The van der Waals surface area contributed by atoms with Gasteiger partial charge in [0.15, 0.2) is 0 Å². The van der Waals surface area contributed by atoms with Crippen molar-refractivity contribution < 1.29 is 14.3 Å². The Hall–Kier alpha value is -1.77. The molecule has 0 unspecified atom stereocenters. The van der Waals surface area contributed by atoms with E-state index in [1.807, 2.05) is 40.9 Å². The number of carbonyl (C=O) groups excluding carboxylic acids is 2. The Kier molecular flexibility index (Phi) is 5.29. The molecule has 2 amide bonds. The minimum atomic E-state index is -0.715. The van der Waals surface area contributed by atoms with Crippen LogP contribution >= 0.6 is 23.1 Å². The second-order valence-corrected chi connectivity index (χ2v) is 9.21. The van der Waals surface area contributed by atoms with Crippen molar-refractivity contribution >= 4 is 34.9 Å². The number of thiophene rings is 1. The molecule has 0 atom stereocenters. The van der Waals surface area contributed by atoms with E-state index in [0.717, 1.165) is 34.1 Å². The van der Waals surface area contributed by atoms with E-state index in [9.17, 15) is 9.59 Å². The Bertz CT molecular complexity index is 839. The van der Waals surface area contributed by atoms with E-state index in [2.05, 4.69) is 5.32 Å². The second-order valence-electron chi connectivity index (χ2n) is 7.02. The van der Waals surface area contributed by atoms with Gasteiger partial charge in [-0.2, -0.15) is 11.8 Å². The fourth-order valence-corrected chi connectivity index (χ4v) is 6.16. The number of primary amides is 1. The first-order valence-corrected chi connectivity index (χ1v) is 11.1. The molecule has 2 aromatic rings. The molecule has 4 rings (SSSR count). The first-order chi connectivity index (χ1) is 13.1. The summed E-state index contributed by atoms with van der Waals surface area (Å²) in [5.41, 5.74) is 6.86. The van der Waals surface area contributed by atoms with Gasteiger partial charge in [0.05, 0.1) is 11.0 Å². The molecule has 144 valence electrons. The van der Waals surface area contributed by atoms with Gasteiger partial charge in [-0.15, -0.1) is 11.3 Å². The lowest BCUT2D eigenvalue weighted by molar-refractivity contribution is -0.132. The van der Waals surface area contributed by atoms with Crippen LogP contribution in [-0.2, 0) is 21.7 Å². The highest BCUT2D eigenvalue weighted by atomic mass is 32.2. The zero-order chi connectivity index (χ0) is 18.9. The predicted octanol–water partition coefficient (Wildman–Crippen LogP) is 2.34. The van der Waals surface area contributed by atoms with Crippen LogP contribution < -0.4 is 11.1 Å². The standard InChI is InChI=1S/C19H23N3O3S2/c20-18(24)19(4-8-25-9-5-19)12-21-16(23)15-13-3-10-26-11-14(13)27-17(15)22-6-1-2-7-22/h1-2,6-7H,3-5,8-12H2,(H2,20,24)(H,21,23). The topological polar surface area (TPSA) is 86.4 Å². The lowest BCUT2D eigenvalue weighted by Gasteiger charge is -2.34. The van der Waals surface area contributed by atoms with Crippen LogP contribution in [0.15, 0.2) is 24.5 Å². The Balaban J connectivity index is 1.61. The van der Waals surface area contributed by atoms with Crippen molar-refractivity contribution in [1.82, 2.24) is 9.88 Å². The summed E-state index contributed by atoms with van der Waals surface area (Å²) >= 11 is 3.59.